The van der Waals surface area contributed by atoms with E-state index in [0.717, 1.165) is 54.9 Å². The molecule has 2 aromatic heterocycles. The van der Waals surface area contributed by atoms with Gasteiger partial charge in [-0.3, -0.25) is 25.0 Å². The number of carbonyl (C=O) groups is 1. The molecule has 2 aromatic carbocycles. The van der Waals surface area contributed by atoms with E-state index in [1.54, 1.807) is 28.8 Å². The monoisotopic (exact) mass is 683 g/mol. The first-order valence-electron chi connectivity index (χ1n) is 15.0. The van der Waals surface area contributed by atoms with Crippen molar-refractivity contribution in [3.8, 4) is 6.07 Å². The molecule has 15 heteroatoms. The molecule has 0 atom stereocenters. The highest BCUT2D eigenvalue weighted by Crippen LogP contribution is 2.24. The number of hydrogen-bond donors (Lipinski definition) is 1. The molecule has 0 aliphatic heterocycles. The minimum atomic E-state index is -0.987. The molecule has 13 nitrogen and oxygen atoms in total. The Labute approximate surface area is 281 Å². The third kappa shape index (κ3) is 10.4. The van der Waals surface area contributed by atoms with Gasteiger partial charge in [0.15, 0.2) is 0 Å². The second-order valence-corrected chi connectivity index (χ2v) is 11.4. The van der Waals surface area contributed by atoms with Crippen LogP contribution in [0.2, 0.25) is 10.3 Å². The zero-order chi connectivity index (χ0) is 34.5. The zero-order valence-electron chi connectivity index (χ0n) is 26.1. The fourth-order valence-electron chi connectivity index (χ4n) is 4.69. The third-order valence-corrected chi connectivity index (χ3v) is 7.99. The van der Waals surface area contributed by atoms with Crippen molar-refractivity contribution < 1.29 is 19.7 Å². The Morgan fingerprint density at radius 1 is 0.809 bits per heavy atom. The molecule has 0 aliphatic carbocycles. The highest BCUT2D eigenvalue weighted by molar-refractivity contribution is 6.30. The molecule has 4 rings (SSSR count). The molecule has 0 aliphatic rings. The first-order chi connectivity index (χ1) is 22.5. The lowest BCUT2D eigenvalue weighted by molar-refractivity contribution is -0.385. The molecule has 4 aromatic rings. The molecule has 248 valence electrons. The lowest BCUT2D eigenvalue weighted by Crippen LogP contribution is -2.06. The number of imidazole rings is 2. The number of halogens is 2. The number of aromatic nitrogens is 4. The van der Waals surface area contributed by atoms with E-state index < -0.39 is 15.8 Å². The van der Waals surface area contributed by atoms with Crippen molar-refractivity contribution in [2.24, 2.45) is 0 Å². The molecule has 0 bridgehead atoms. The number of carboxylic acids is 1. The SMILES string of the molecule is CCCCc1nc(CC#N)c(Cl)n1Cc1ccc([N+](=O)[O-])cc1.CCCCc1nc(CC(=O)O)c(Cl)n1Cc1ccc([N+](=O)[O-])cc1. The van der Waals surface area contributed by atoms with E-state index in [2.05, 4.69) is 29.9 Å². The third-order valence-electron chi connectivity index (χ3n) is 7.15. The minimum absolute atomic E-state index is 0.0215. The van der Waals surface area contributed by atoms with Crippen molar-refractivity contribution in [2.75, 3.05) is 0 Å². The van der Waals surface area contributed by atoms with Crippen molar-refractivity contribution in [2.45, 2.75) is 78.3 Å². The summed E-state index contributed by atoms with van der Waals surface area (Å²) in [6.45, 7) is 5.03. The minimum Gasteiger partial charge on any atom is -0.481 e. The van der Waals surface area contributed by atoms with E-state index in [-0.39, 0.29) is 24.2 Å². The summed E-state index contributed by atoms with van der Waals surface area (Å²) >= 11 is 12.7. The van der Waals surface area contributed by atoms with Gasteiger partial charge < -0.3 is 14.2 Å². The molecule has 0 spiro atoms. The van der Waals surface area contributed by atoms with E-state index in [1.165, 1.54) is 24.3 Å². The van der Waals surface area contributed by atoms with Gasteiger partial charge in [0.2, 0.25) is 0 Å². The Bertz CT molecular complexity index is 1730. The number of rotatable bonds is 15. The molecule has 1 N–H and O–H groups in total. The van der Waals surface area contributed by atoms with Gasteiger partial charge in [0.05, 0.1) is 53.2 Å². The number of nitro benzene ring substituents is 2. The Hall–Kier alpha value is -4.80. The Balaban J connectivity index is 0.000000256. The molecule has 0 amide bonds. The lowest BCUT2D eigenvalue weighted by Gasteiger charge is -2.09. The topological polar surface area (TPSA) is 183 Å². The number of nitriles is 1. The molecule has 0 fully saturated rings. The van der Waals surface area contributed by atoms with Crippen molar-refractivity contribution in [1.29, 1.82) is 5.26 Å². The van der Waals surface area contributed by atoms with Crippen LogP contribution in [0.3, 0.4) is 0 Å². The number of unbranched alkanes of at least 4 members (excludes halogenated alkanes) is 2. The van der Waals surface area contributed by atoms with Crippen LogP contribution in [0.1, 0.15) is 73.7 Å². The van der Waals surface area contributed by atoms with Crippen molar-refractivity contribution >= 4 is 40.5 Å². The van der Waals surface area contributed by atoms with E-state index >= 15 is 0 Å². The van der Waals surface area contributed by atoms with Gasteiger partial charge in [0.25, 0.3) is 11.4 Å². The summed E-state index contributed by atoms with van der Waals surface area (Å²) < 4.78 is 3.65. The molecular formula is C32H35Cl2N7O6. The number of carboxylic acid groups (broad SMARTS) is 1. The maximum Gasteiger partial charge on any atom is 0.309 e. The van der Waals surface area contributed by atoms with Gasteiger partial charge in [-0.1, -0.05) is 74.2 Å². The predicted molar refractivity (Wildman–Crippen MR) is 177 cm³/mol. The number of hydrogen-bond acceptors (Lipinski definition) is 8. The summed E-state index contributed by atoms with van der Waals surface area (Å²) in [5.41, 5.74) is 2.74. The first kappa shape index (κ1) is 36.7. The summed E-state index contributed by atoms with van der Waals surface area (Å²) in [7, 11) is 0. The predicted octanol–water partition coefficient (Wildman–Crippen LogP) is 7.36. The zero-order valence-corrected chi connectivity index (χ0v) is 27.6. The molecule has 0 radical (unpaired) electrons. The Kier molecular flexibility index (Phi) is 13.9. The molecular weight excluding hydrogens is 649 g/mol. The van der Waals surface area contributed by atoms with Crippen molar-refractivity contribution in [3.05, 3.63) is 113 Å². The molecule has 0 saturated carbocycles. The summed E-state index contributed by atoms with van der Waals surface area (Å²) in [6, 6.07) is 14.6. The van der Waals surface area contributed by atoms with E-state index in [4.69, 9.17) is 33.6 Å². The fraction of sp³-hybridized carbons (Fsp3) is 0.375. The van der Waals surface area contributed by atoms with Gasteiger partial charge in [-0.2, -0.15) is 5.26 Å². The van der Waals surface area contributed by atoms with Crippen molar-refractivity contribution in [3.63, 3.8) is 0 Å². The number of aryl methyl sites for hydroxylation is 2. The van der Waals surface area contributed by atoms with Gasteiger partial charge in [-0.05, 0) is 24.0 Å². The Morgan fingerprint density at radius 3 is 1.57 bits per heavy atom. The molecule has 0 unspecified atom stereocenters. The molecule has 47 heavy (non-hydrogen) atoms. The van der Waals surface area contributed by atoms with Crippen LogP contribution in [0.15, 0.2) is 48.5 Å². The number of nitrogens with zero attached hydrogens (tertiary/aromatic N) is 7. The van der Waals surface area contributed by atoms with Crippen LogP contribution < -0.4 is 0 Å². The average Bonchev–Trinajstić information content (AvgIpc) is 3.49. The van der Waals surface area contributed by atoms with Crippen LogP contribution >= 0.6 is 23.2 Å². The number of nitro groups is 2. The maximum absolute atomic E-state index is 10.9. The van der Waals surface area contributed by atoms with Crippen LogP contribution in [0.5, 0.6) is 0 Å². The van der Waals surface area contributed by atoms with Crippen LogP contribution in [-0.2, 0) is 43.6 Å². The van der Waals surface area contributed by atoms with Gasteiger partial charge in [0.1, 0.15) is 22.0 Å². The quantitative estimate of drug-likeness (QED) is 0.0987. The van der Waals surface area contributed by atoms with Gasteiger partial charge in [-0.25, -0.2) is 9.97 Å². The fourth-order valence-corrected chi connectivity index (χ4v) is 5.22. The van der Waals surface area contributed by atoms with Crippen LogP contribution in [-0.4, -0.2) is 40.0 Å². The standard InChI is InChI=1S/C16H17ClN4O2.C16H18ClN3O4/c1-2-3-4-15-19-14(9-10-18)16(17)20(15)11-12-5-7-13(8-6-12)21(22)23;1-2-3-4-14-18-13(9-15(21)22)16(17)19(14)10-11-5-7-12(8-6-11)20(23)24/h5-8H,2-4,9,11H2,1H3;5-8H,2-4,9-10H2,1H3,(H,21,22). The first-order valence-corrected chi connectivity index (χ1v) is 15.8. The largest absolute Gasteiger partial charge is 0.481 e. The van der Waals surface area contributed by atoms with E-state index in [1.807, 2.05) is 4.57 Å². The second kappa shape index (κ2) is 17.8. The van der Waals surface area contributed by atoms with Gasteiger partial charge in [-0.15, -0.1) is 0 Å². The van der Waals surface area contributed by atoms with E-state index in [9.17, 15) is 25.0 Å². The number of non-ortho nitro benzene ring substituents is 2. The summed E-state index contributed by atoms with van der Waals surface area (Å²) in [6.07, 6.45) is 5.35. The van der Waals surface area contributed by atoms with Crippen LogP contribution in [0, 0.1) is 31.6 Å². The summed E-state index contributed by atoms with van der Waals surface area (Å²) in [5.74, 6) is 0.593. The molecule has 0 saturated heterocycles. The lowest BCUT2D eigenvalue weighted by atomic mass is 10.2. The smallest absolute Gasteiger partial charge is 0.309 e. The molecule has 2 heterocycles. The Morgan fingerprint density at radius 2 is 1.21 bits per heavy atom. The number of aliphatic carboxylic acids is 1. The highest BCUT2D eigenvalue weighted by atomic mass is 35.5. The van der Waals surface area contributed by atoms with E-state index in [0.29, 0.717) is 41.2 Å². The van der Waals surface area contributed by atoms with Crippen molar-refractivity contribution in [1.82, 2.24) is 19.1 Å². The normalized spacial score (nSPS) is 10.6. The van der Waals surface area contributed by atoms with Crippen LogP contribution in [0.25, 0.3) is 0 Å². The highest BCUT2D eigenvalue weighted by Gasteiger charge is 2.19. The van der Waals surface area contributed by atoms with Gasteiger partial charge >= 0.3 is 5.97 Å². The maximum atomic E-state index is 10.9. The number of benzene rings is 2. The van der Waals surface area contributed by atoms with Crippen LogP contribution in [0.4, 0.5) is 11.4 Å². The average molecular weight is 685 g/mol. The second-order valence-electron chi connectivity index (χ2n) is 10.7. The summed E-state index contributed by atoms with van der Waals surface area (Å²) in [5, 5.41) is 40.0. The van der Waals surface area contributed by atoms with Gasteiger partial charge in [0, 0.05) is 37.1 Å². The summed E-state index contributed by atoms with van der Waals surface area (Å²) in [4.78, 5) is 40.3.